The van der Waals surface area contributed by atoms with Gasteiger partial charge >= 0.3 is 0 Å². The summed E-state index contributed by atoms with van der Waals surface area (Å²) in [5, 5.41) is 4.65. The van der Waals surface area contributed by atoms with E-state index >= 15 is 0 Å². The topological polar surface area (TPSA) is 48.5 Å². The molecule has 10 aromatic rings. The van der Waals surface area contributed by atoms with Crippen molar-refractivity contribution in [2.75, 3.05) is 0 Å². The van der Waals surface area contributed by atoms with Gasteiger partial charge in [-0.15, -0.1) is 0 Å². The fourth-order valence-electron chi connectivity index (χ4n) is 9.99. The first kappa shape index (κ1) is 33.7. The molecule has 5 heteroatoms. The van der Waals surface area contributed by atoms with Crippen LogP contribution < -0.4 is 0 Å². The first-order valence-corrected chi connectivity index (χ1v) is 20.5. The van der Waals surface area contributed by atoms with Gasteiger partial charge in [0.15, 0.2) is 11.6 Å². The zero-order valence-electron chi connectivity index (χ0n) is 32.9. The number of aromatic nitrogens is 5. The minimum Gasteiger partial charge on any atom is -0.307 e. The molecule has 0 bridgehead atoms. The van der Waals surface area contributed by atoms with Gasteiger partial charge in [-0.25, -0.2) is 4.98 Å². The summed E-state index contributed by atoms with van der Waals surface area (Å²) in [7, 11) is 0. The van der Waals surface area contributed by atoms with Crippen molar-refractivity contribution in [1.82, 2.24) is 24.1 Å². The molecular formula is C54H39N5. The number of allylic oxidation sites excluding steroid dienone is 4. The van der Waals surface area contributed by atoms with Gasteiger partial charge in [-0.2, -0.15) is 9.97 Å². The summed E-state index contributed by atoms with van der Waals surface area (Å²) in [5.41, 5.74) is 15.1. The quantitative estimate of drug-likeness (QED) is 0.176. The molecule has 0 fully saturated rings. The van der Waals surface area contributed by atoms with Crippen LogP contribution >= 0.6 is 0 Å². The van der Waals surface area contributed by atoms with Crippen LogP contribution in [0.5, 0.6) is 0 Å². The summed E-state index contributed by atoms with van der Waals surface area (Å²) >= 11 is 0. The van der Waals surface area contributed by atoms with E-state index in [9.17, 15) is 0 Å². The van der Waals surface area contributed by atoms with Crippen LogP contribution in [0.15, 0.2) is 182 Å². The largest absolute Gasteiger partial charge is 0.307 e. The van der Waals surface area contributed by atoms with Crippen molar-refractivity contribution >= 4 is 49.2 Å². The monoisotopic (exact) mass is 757 g/mol. The highest BCUT2D eigenvalue weighted by atomic mass is 15.2. The molecule has 0 saturated heterocycles. The zero-order chi connectivity index (χ0) is 39.2. The standard InChI is InChI=1S/C54H39N5/c1-54(2)44-27-12-9-25-42(44)48-43(26-16-28-45(48)54)52-55-51(35-19-7-4-8-20-35)56-53(57-52)59-47-30-14-11-24-39(47)41-32-31-40-38-23-10-13-29-46(38)58(49(40)50(41)59)37-22-15-21-36(33-37)34-17-5-3-6-18-34/h3-11,13-26,28-33H,12,27H2,1-2H3. The SMILES string of the molecule is CC1(C)C2=C(C=CCC2)c2c(-c3nc(-c4ccccc4)nc(-n4c5ccccc5c5ccc6c7ccccc7n(-c7cccc(-c8ccccc8)c7)c6c54)n3)cccc21. The number of hydrogen-bond donors (Lipinski definition) is 0. The second-order valence-corrected chi connectivity index (χ2v) is 16.3. The summed E-state index contributed by atoms with van der Waals surface area (Å²) in [4.78, 5) is 16.3. The Hall–Kier alpha value is -7.37. The van der Waals surface area contributed by atoms with E-state index < -0.39 is 0 Å². The van der Waals surface area contributed by atoms with Crippen LogP contribution in [0.2, 0.25) is 0 Å². The minimum absolute atomic E-state index is 0.0762. The highest BCUT2D eigenvalue weighted by molar-refractivity contribution is 6.23. The fourth-order valence-corrected chi connectivity index (χ4v) is 9.99. The molecule has 0 aliphatic heterocycles. The zero-order valence-corrected chi connectivity index (χ0v) is 32.9. The summed E-state index contributed by atoms with van der Waals surface area (Å²) in [6.45, 7) is 4.73. The van der Waals surface area contributed by atoms with Gasteiger partial charge in [0.2, 0.25) is 5.95 Å². The van der Waals surface area contributed by atoms with E-state index in [1.807, 2.05) is 6.07 Å². The summed E-state index contributed by atoms with van der Waals surface area (Å²) in [5.74, 6) is 1.90. The third-order valence-corrected chi connectivity index (χ3v) is 12.7. The van der Waals surface area contributed by atoms with Gasteiger partial charge in [-0.3, -0.25) is 4.57 Å². The second-order valence-electron chi connectivity index (χ2n) is 16.3. The summed E-state index contributed by atoms with van der Waals surface area (Å²) in [6.07, 6.45) is 6.76. The van der Waals surface area contributed by atoms with Gasteiger partial charge in [0.25, 0.3) is 0 Å². The van der Waals surface area contributed by atoms with Crippen molar-refractivity contribution in [2.24, 2.45) is 0 Å². The maximum atomic E-state index is 5.54. The van der Waals surface area contributed by atoms with Gasteiger partial charge in [-0.05, 0) is 64.9 Å². The Labute approximate surface area is 342 Å². The van der Waals surface area contributed by atoms with Gasteiger partial charge < -0.3 is 4.57 Å². The average Bonchev–Trinajstić information content (AvgIpc) is 3.90. The van der Waals surface area contributed by atoms with E-state index in [0.717, 1.165) is 62.5 Å². The van der Waals surface area contributed by atoms with E-state index in [-0.39, 0.29) is 5.41 Å². The number of rotatable bonds is 5. The molecule has 59 heavy (non-hydrogen) atoms. The third kappa shape index (κ3) is 5.01. The summed E-state index contributed by atoms with van der Waals surface area (Å²) < 4.78 is 4.73. The molecule has 0 atom stereocenters. The average molecular weight is 758 g/mol. The van der Waals surface area contributed by atoms with Crippen LogP contribution in [0.4, 0.5) is 0 Å². The van der Waals surface area contributed by atoms with Crippen molar-refractivity contribution < 1.29 is 0 Å². The van der Waals surface area contributed by atoms with Crippen LogP contribution in [0.25, 0.3) is 94.7 Å². The van der Waals surface area contributed by atoms with Crippen molar-refractivity contribution in [2.45, 2.75) is 32.1 Å². The van der Waals surface area contributed by atoms with Crippen LogP contribution in [-0.2, 0) is 5.41 Å². The first-order valence-electron chi connectivity index (χ1n) is 20.5. The lowest BCUT2D eigenvalue weighted by atomic mass is 9.78. The van der Waals surface area contributed by atoms with Crippen molar-refractivity contribution in [3.8, 4) is 45.5 Å². The molecule has 0 saturated carbocycles. The molecule has 0 radical (unpaired) electrons. The van der Waals surface area contributed by atoms with Crippen LogP contribution in [0.1, 0.15) is 37.8 Å². The van der Waals surface area contributed by atoms with E-state index in [2.05, 4.69) is 193 Å². The molecule has 3 heterocycles. The Kier molecular flexibility index (Phi) is 7.33. The number of benzene rings is 7. The molecule has 2 aliphatic rings. The maximum Gasteiger partial charge on any atom is 0.238 e. The number of fused-ring (bicyclic) bond motifs is 9. The van der Waals surface area contributed by atoms with E-state index in [1.165, 1.54) is 44.2 Å². The lowest BCUT2D eigenvalue weighted by Gasteiger charge is -2.25. The van der Waals surface area contributed by atoms with E-state index in [1.54, 1.807) is 0 Å². The molecule has 0 unspecified atom stereocenters. The Morgan fingerprint density at radius 2 is 1.12 bits per heavy atom. The predicted octanol–water partition coefficient (Wildman–Crippen LogP) is 13.5. The van der Waals surface area contributed by atoms with Gasteiger partial charge in [0, 0.05) is 43.8 Å². The summed E-state index contributed by atoms with van der Waals surface area (Å²) in [6, 6.07) is 58.5. The molecule has 0 amide bonds. The molecule has 2 aliphatic carbocycles. The van der Waals surface area contributed by atoms with Crippen molar-refractivity contribution in [3.05, 3.63) is 193 Å². The number of hydrogen-bond acceptors (Lipinski definition) is 3. The van der Waals surface area contributed by atoms with Crippen molar-refractivity contribution in [1.29, 1.82) is 0 Å². The number of nitrogens with zero attached hydrogens (tertiary/aromatic N) is 5. The fraction of sp³-hybridized carbons (Fsp3) is 0.0926. The maximum absolute atomic E-state index is 5.54. The molecule has 12 rings (SSSR count). The van der Waals surface area contributed by atoms with Gasteiger partial charge in [-0.1, -0.05) is 171 Å². The molecule has 3 aromatic heterocycles. The minimum atomic E-state index is -0.0762. The molecule has 7 aromatic carbocycles. The lowest BCUT2D eigenvalue weighted by Crippen LogP contribution is -2.17. The molecule has 280 valence electrons. The van der Waals surface area contributed by atoms with Crippen LogP contribution in [0.3, 0.4) is 0 Å². The highest BCUT2D eigenvalue weighted by Gasteiger charge is 2.39. The Balaban J connectivity index is 1.20. The Morgan fingerprint density at radius 1 is 0.508 bits per heavy atom. The van der Waals surface area contributed by atoms with Gasteiger partial charge in [0.05, 0.1) is 22.1 Å². The number of para-hydroxylation sites is 2. The van der Waals surface area contributed by atoms with Crippen LogP contribution in [-0.4, -0.2) is 24.1 Å². The molecule has 0 spiro atoms. The van der Waals surface area contributed by atoms with Crippen molar-refractivity contribution in [3.63, 3.8) is 0 Å². The molecule has 0 N–H and O–H groups in total. The lowest BCUT2D eigenvalue weighted by molar-refractivity contribution is 0.607. The van der Waals surface area contributed by atoms with Crippen LogP contribution in [0, 0.1) is 0 Å². The predicted molar refractivity (Wildman–Crippen MR) is 243 cm³/mol. The smallest absolute Gasteiger partial charge is 0.238 e. The molecule has 5 nitrogen and oxygen atoms in total. The Morgan fingerprint density at radius 3 is 1.86 bits per heavy atom. The van der Waals surface area contributed by atoms with E-state index in [0.29, 0.717) is 17.6 Å². The first-order chi connectivity index (χ1) is 29.0. The third-order valence-electron chi connectivity index (χ3n) is 12.7. The molecular weight excluding hydrogens is 719 g/mol. The Bertz CT molecular complexity index is 3400. The highest BCUT2D eigenvalue weighted by Crippen LogP contribution is 2.52. The normalized spacial score (nSPS) is 14.5. The van der Waals surface area contributed by atoms with E-state index in [4.69, 9.17) is 15.0 Å². The van der Waals surface area contributed by atoms with Gasteiger partial charge in [0.1, 0.15) is 0 Å². The second kappa shape index (κ2) is 12.8.